The molecule has 1 unspecified atom stereocenters. The van der Waals surface area contributed by atoms with E-state index in [2.05, 4.69) is 10.6 Å². The van der Waals surface area contributed by atoms with Crippen LogP contribution >= 0.6 is 0 Å². The molecule has 3 aliphatic rings. The fraction of sp³-hybridized carbons (Fsp3) is 0.400. The molecule has 1 fully saturated rings. The number of hydrogen-bond donors (Lipinski definition) is 2. The Hall–Kier alpha value is -3.90. The van der Waals surface area contributed by atoms with Gasteiger partial charge in [-0.25, -0.2) is 17.6 Å². The molecule has 7 rings (SSSR count). The number of rotatable bonds is 10. The van der Waals surface area contributed by atoms with Crippen LogP contribution in [0, 0.1) is 11.6 Å². The summed E-state index contributed by atoms with van der Waals surface area (Å²) in [6, 6.07) is 23.7. The summed E-state index contributed by atoms with van der Waals surface area (Å²) in [6.45, 7) is 7.79. The van der Waals surface area contributed by atoms with E-state index in [1.54, 1.807) is 6.07 Å². The Labute approximate surface area is 298 Å². The van der Waals surface area contributed by atoms with Gasteiger partial charge in [-0.2, -0.15) is 0 Å². The van der Waals surface area contributed by atoms with Gasteiger partial charge in [0, 0.05) is 29.9 Å². The fourth-order valence-electron chi connectivity index (χ4n) is 8.10. The molecule has 6 nitrogen and oxygen atoms in total. The molecule has 4 aromatic rings. The number of halogens is 4. The minimum Gasteiger partial charge on any atom is -0.454 e. The van der Waals surface area contributed by atoms with Crippen LogP contribution in [0.3, 0.4) is 0 Å². The van der Waals surface area contributed by atoms with E-state index < -0.39 is 56.1 Å². The van der Waals surface area contributed by atoms with Crippen molar-refractivity contribution in [3.8, 4) is 11.5 Å². The summed E-state index contributed by atoms with van der Waals surface area (Å²) in [6.07, 6.45) is 1.20. The van der Waals surface area contributed by atoms with Crippen molar-refractivity contribution in [3.63, 3.8) is 0 Å². The van der Waals surface area contributed by atoms with Gasteiger partial charge in [0.05, 0.1) is 19.2 Å². The molecule has 270 valence electrons. The third kappa shape index (κ3) is 6.89. The number of hydrogen-bond acceptors (Lipinski definition) is 6. The minimum atomic E-state index is -3.39. The van der Waals surface area contributed by atoms with Crippen molar-refractivity contribution in [2.45, 2.75) is 69.6 Å². The van der Waals surface area contributed by atoms with Gasteiger partial charge in [-0.1, -0.05) is 81.4 Å². The SMILES string of the molecule is C[C@@H]1Cc2cc3c(cc2[C@@H](c2c(F)cc(NC4CCNC4)cc2F)N1CC(F)(F)CO[Si](c1ccccc1)(c1ccccc1)C(C)(C)C)OCO3. The van der Waals surface area contributed by atoms with Crippen LogP contribution in [-0.2, 0) is 10.8 Å². The van der Waals surface area contributed by atoms with E-state index in [-0.39, 0.29) is 18.4 Å². The number of fused-ring (bicyclic) bond motifs is 2. The molecule has 0 spiro atoms. The zero-order valence-corrected chi connectivity index (χ0v) is 30.4. The van der Waals surface area contributed by atoms with Gasteiger partial charge in [-0.15, -0.1) is 0 Å². The summed E-state index contributed by atoms with van der Waals surface area (Å²) < 4.78 is 84.0. The highest BCUT2D eigenvalue weighted by molar-refractivity contribution is 6.99. The first-order valence-corrected chi connectivity index (χ1v) is 19.5. The molecule has 0 bridgehead atoms. The van der Waals surface area contributed by atoms with E-state index in [0.29, 0.717) is 35.7 Å². The van der Waals surface area contributed by atoms with Crippen LogP contribution < -0.4 is 30.5 Å². The third-order valence-corrected chi connectivity index (χ3v) is 15.4. The van der Waals surface area contributed by atoms with Gasteiger partial charge < -0.3 is 24.5 Å². The molecule has 0 aromatic heterocycles. The molecule has 4 aromatic carbocycles. The third-order valence-electron chi connectivity index (χ3n) is 10.5. The molecular weight excluding hydrogens is 675 g/mol. The predicted molar refractivity (Wildman–Crippen MR) is 194 cm³/mol. The topological polar surface area (TPSA) is 55.0 Å². The highest BCUT2D eigenvalue weighted by Crippen LogP contribution is 2.47. The maximum atomic E-state index is 16.7. The molecule has 2 N–H and O–H groups in total. The summed E-state index contributed by atoms with van der Waals surface area (Å²) >= 11 is 0. The van der Waals surface area contributed by atoms with E-state index >= 15 is 17.6 Å². The lowest BCUT2D eigenvalue weighted by Crippen LogP contribution is -2.67. The molecule has 0 aliphatic carbocycles. The van der Waals surface area contributed by atoms with Crippen LogP contribution in [0.25, 0.3) is 0 Å². The monoisotopic (exact) mass is 719 g/mol. The van der Waals surface area contributed by atoms with Crippen molar-refractivity contribution in [2.75, 3.05) is 38.4 Å². The average molecular weight is 720 g/mol. The van der Waals surface area contributed by atoms with E-state index in [9.17, 15) is 0 Å². The van der Waals surface area contributed by atoms with Gasteiger partial charge in [-0.05, 0) is 77.1 Å². The summed E-state index contributed by atoms with van der Waals surface area (Å²) in [7, 11) is -3.29. The van der Waals surface area contributed by atoms with Crippen molar-refractivity contribution in [2.24, 2.45) is 0 Å². The number of benzene rings is 4. The Morgan fingerprint density at radius 2 is 1.51 bits per heavy atom. The Morgan fingerprint density at radius 1 is 0.902 bits per heavy atom. The van der Waals surface area contributed by atoms with E-state index in [1.807, 2.05) is 94.4 Å². The van der Waals surface area contributed by atoms with E-state index in [0.717, 1.165) is 28.9 Å². The van der Waals surface area contributed by atoms with E-state index in [1.165, 1.54) is 17.0 Å². The molecule has 3 aliphatic heterocycles. The molecule has 3 heterocycles. The summed E-state index contributed by atoms with van der Waals surface area (Å²) in [5, 5.41) is 7.71. The highest BCUT2D eigenvalue weighted by Gasteiger charge is 2.52. The summed E-state index contributed by atoms with van der Waals surface area (Å²) in [4.78, 5) is 1.52. The predicted octanol–water partition coefficient (Wildman–Crippen LogP) is 7.02. The van der Waals surface area contributed by atoms with Crippen LogP contribution in [0.1, 0.15) is 56.8 Å². The second-order valence-electron chi connectivity index (χ2n) is 15.0. The van der Waals surface area contributed by atoms with Crippen LogP contribution in [-0.4, -0.2) is 64.3 Å². The van der Waals surface area contributed by atoms with Gasteiger partial charge in [0.1, 0.15) is 11.6 Å². The van der Waals surface area contributed by atoms with Crippen molar-refractivity contribution in [3.05, 3.63) is 113 Å². The van der Waals surface area contributed by atoms with Gasteiger partial charge in [-0.3, -0.25) is 4.90 Å². The molecule has 0 amide bonds. The van der Waals surface area contributed by atoms with Gasteiger partial charge in [0.2, 0.25) is 6.79 Å². The number of ether oxygens (including phenoxy) is 2. The van der Waals surface area contributed by atoms with Gasteiger partial charge in [0.15, 0.2) is 11.5 Å². The Kier molecular flexibility index (Phi) is 9.68. The number of anilines is 1. The lowest BCUT2D eigenvalue weighted by molar-refractivity contribution is -0.0823. The zero-order chi connectivity index (χ0) is 36.0. The highest BCUT2D eigenvalue weighted by atomic mass is 28.4. The summed E-state index contributed by atoms with van der Waals surface area (Å²) in [5.41, 5.74) is 1.32. The lowest BCUT2D eigenvalue weighted by atomic mass is 9.84. The quantitative estimate of drug-likeness (QED) is 0.136. The average Bonchev–Trinajstić information content (AvgIpc) is 3.77. The summed E-state index contributed by atoms with van der Waals surface area (Å²) in [5.74, 6) is -4.05. The van der Waals surface area contributed by atoms with Crippen molar-refractivity contribution < 1.29 is 31.5 Å². The standard InChI is InChI=1S/C40H45F4N3O3Si/c1-26-17-27-18-35-36(49-25-48-35)21-32(27)38(37-33(41)19-29(20-34(37)42)46-28-15-16-45-22-28)47(26)23-40(43,44)24-50-51(39(2,3)4,30-11-7-5-8-12-30)31-13-9-6-10-14-31/h5-14,18-21,26,28,38,45-46H,15-17,22-25H2,1-4H3/t26-,28?,38+/m1/s1. The first-order chi connectivity index (χ1) is 24.4. The Balaban J connectivity index is 1.26. The molecule has 11 heteroatoms. The Morgan fingerprint density at radius 3 is 2.08 bits per heavy atom. The fourth-order valence-corrected chi connectivity index (χ4v) is 12.7. The smallest absolute Gasteiger partial charge is 0.282 e. The molecule has 0 radical (unpaired) electrons. The second-order valence-corrected chi connectivity index (χ2v) is 19.3. The number of alkyl halides is 2. The van der Waals surface area contributed by atoms with Crippen molar-refractivity contribution >= 4 is 24.4 Å². The second kappa shape index (κ2) is 13.9. The van der Waals surface area contributed by atoms with Crippen LogP contribution in [0.5, 0.6) is 11.5 Å². The first kappa shape index (κ1) is 35.5. The van der Waals surface area contributed by atoms with Crippen LogP contribution in [0.2, 0.25) is 5.04 Å². The van der Waals surface area contributed by atoms with Crippen LogP contribution in [0.15, 0.2) is 84.9 Å². The largest absolute Gasteiger partial charge is 0.454 e. The normalized spacial score (nSPS) is 20.7. The zero-order valence-electron chi connectivity index (χ0n) is 29.4. The minimum absolute atomic E-state index is 0.0128. The van der Waals surface area contributed by atoms with E-state index in [4.69, 9.17) is 13.9 Å². The maximum Gasteiger partial charge on any atom is 0.282 e. The van der Waals surface area contributed by atoms with Gasteiger partial charge in [0.25, 0.3) is 14.2 Å². The van der Waals surface area contributed by atoms with Crippen LogP contribution in [0.4, 0.5) is 23.2 Å². The Bertz CT molecular complexity index is 1790. The molecule has 1 saturated heterocycles. The van der Waals surface area contributed by atoms with Crippen molar-refractivity contribution in [1.82, 2.24) is 10.2 Å². The maximum absolute atomic E-state index is 16.7. The van der Waals surface area contributed by atoms with Crippen molar-refractivity contribution in [1.29, 1.82) is 0 Å². The lowest BCUT2D eigenvalue weighted by Gasteiger charge is -2.46. The number of nitrogens with zero attached hydrogens (tertiary/aromatic N) is 1. The first-order valence-electron chi connectivity index (χ1n) is 17.6. The molecule has 3 atom stereocenters. The molecular formula is C40H45F4N3O3Si. The number of nitrogens with one attached hydrogen (secondary N) is 2. The molecule has 51 heavy (non-hydrogen) atoms. The van der Waals surface area contributed by atoms with Gasteiger partial charge >= 0.3 is 0 Å². The molecule has 0 saturated carbocycles.